The van der Waals surface area contributed by atoms with E-state index in [0.29, 0.717) is 6.54 Å². The molecule has 5 nitrogen and oxygen atoms in total. The van der Waals surface area contributed by atoms with E-state index < -0.39 is 0 Å². The van der Waals surface area contributed by atoms with Gasteiger partial charge in [0.2, 0.25) is 0 Å². The maximum Gasteiger partial charge on any atom is 0.0965 e. The topological polar surface area (TPSA) is 77.4 Å². The second-order valence-corrected chi connectivity index (χ2v) is 4.06. The van der Waals surface area contributed by atoms with Crippen LogP contribution in [0.4, 0.5) is 0 Å². The minimum Gasteiger partial charge on any atom is -0.282 e. The summed E-state index contributed by atoms with van der Waals surface area (Å²) in [6.07, 6.45) is 0.855. The molecule has 0 atom stereocenters. The van der Waals surface area contributed by atoms with Crippen LogP contribution < -0.4 is 0 Å². The van der Waals surface area contributed by atoms with Crippen molar-refractivity contribution < 1.29 is 0 Å². The fraction of sp³-hybridized carbons (Fsp3) is 0.300. The quantitative estimate of drug-likeness (QED) is 0.489. The Hall–Kier alpha value is -1.78. The molecular weight excluding hydrogens is 222 g/mol. The first-order valence-corrected chi connectivity index (χ1v) is 5.90. The number of rotatable bonds is 4. The van der Waals surface area contributed by atoms with Crippen molar-refractivity contribution >= 4 is 11.3 Å². The highest BCUT2D eigenvalue weighted by Gasteiger charge is 2.12. The van der Waals surface area contributed by atoms with E-state index in [0.717, 1.165) is 28.9 Å². The maximum absolute atomic E-state index is 8.38. The van der Waals surface area contributed by atoms with Crippen LogP contribution in [0, 0.1) is 0 Å². The molecule has 0 unspecified atom stereocenters. The van der Waals surface area contributed by atoms with Gasteiger partial charge in [0.15, 0.2) is 0 Å². The van der Waals surface area contributed by atoms with E-state index in [1.54, 1.807) is 11.3 Å². The van der Waals surface area contributed by atoms with Gasteiger partial charge in [0.25, 0.3) is 0 Å². The molecule has 0 amide bonds. The van der Waals surface area contributed by atoms with Crippen molar-refractivity contribution in [3.63, 3.8) is 0 Å². The van der Waals surface area contributed by atoms with Crippen LogP contribution in [-0.2, 0) is 13.0 Å². The molecule has 6 heteroatoms. The molecule has 0 aliphatic carbocycles. The summed E-state index contributed by atoms with van der Waals surface area (Å²) < 4.78 is 0. The summed E-state index contributed by atoms with van der Waals surface area (Å²) in [5.41, 5.74) is 12.4. The Morgan fingerprint density at radius 2 is 2.50 bits per heavy atom. The lowest BCUT2D eigenvalue weighted by Crippen LogP contribution is -1.89. The van der Waals surface area contributed by atoms with Gasteiger partial charge in [-0.1, -0.05) is 12.0 Å². The summed E-state index contributed by atoms with van der Waals surface area (Å²) in [4.78, 5) is 2.79. The SMILES string of the molecule is CCc1[nH]nc(-c2ccsc2)c1CN=[N+]=[N-]. The molecule has 0 aliphatic rings. The lowest BCUT2D eigenvalue weighted by Gasteiger charge is -1.98. The minimum atomic E-state index is 0.349. The Bertz CT molecular complexity index is 507. The van der Waals surface area contributed by atoms with Crippen LogP contribution in [0.25, 0.3) is 21.7 Å². The summed E-state index contributed by atoms with van der Waals surface area (Å²) >= 11 is 1.63. The number of H-pyrrole nitrogens is 1. The summed E-state index contributed by atoms with van der Waals surface area (Å²) in [5, 5.41) is 14.9. The smallest absolute Gasteiger partial charge is 0.0965 e. The summed E-state index contributed by atoms with van der Waals surface area (Å²) in [7, 11) is 0. The third kappa shape index (κ3) is 1.93. The van der Waals surface area contributed by atoms with Gasteiger partial charge in [-0.2, -0.15) is 16.4 Å². The number of thiophene rings is 1. The van der Waals surface area contributed by atoms with Crippen molar-refractivity contribution in [2.75, 3.05) is 0 Å². The number of aromatic amines is 1. The molecule has 2 heterocycles. The van der Waals surface area contributed by atoms with Gasteiger partial charge in [-0.25, -0.2) is 0 Å². The van der Waals surface area contributed by atoms with E-state index in [1.807, 2.05) is 23.8 Å². The van der Waals surface area contributed by atoms with Crippen LogP contribution in [0.3, 0.4) is 0 Å². The van der Waals surface area contributed by atoms with E-state index >= 15 is 0 Å². The molecule has 16 heavy (non-hydrogen) atoms. The van der Waals surface area contributed by atoms with Gasteiger partial charge < -0.3 is 0 Å². The normalized spacial score (nSPS) is 10.1. The average Bonchev–Trinajstić information content (AvgIpc) is 2.94. The lowest BCUT2D eigenvalue weighted by molar-refractivity contribution is 0.944. The molecule has 0 saturated carbocycles. The Balaban J connectivity index is 2.45. The molecule has 0 radical (unpaired) electrons. The molecule has 0 spiro atoms. The van der Waals surface area contributed by atoms with Crippen molar-refractivity contribution in [1.82, 2.24) is 10.2 Å². The van der Waals surface area contributed by atoms with Crippen molar-refractivity contribution in [3.05, 3.63) is 38.5 Å². The monoisotopic (exact) mass is 233 g/mol. The Morgan fingerprint density at radius 3 is 3.12 bits per heavy atom. The van der Waals surface area contributed by atoms with Crippen LogP contribution in [-0.4, -0.2) is 10.2 Å². The van der Waals surface area contributed by atoms with Gasteiger partial charge in [0.1, 0.15) is 0 Å². The zero-order valence-electron chi connectivity index (χ0n) is 8.84. The number of azide groups is 1. The predicted octanol–water partition coefficient (Wildman–Crippen LogP) is 3.51. The second kappa shape index (κ2) is 4.83. The zero-order valence-corrected chi connectivity index (χ0v) is 9.66. The fourth-order valence-electron chi connectivity index (χ4n) is 1.60. The molecule has 0 bridgehead atoms. The standard InChI is InChI=1S/C10H11N5S/c1-2-9-8(5-12-15-11)10(14-13-9)7-3-4-16-6-7/h3-4,6H,2,5H2,1H3,(H,13,14). The molecule has 1 N–H and O–H groups in total. The Labute approximate surface area is 96.8 Å². The van der Waals surface area contributed by atoms with Crippen LogP contribution in [0.1, 0.15) is 18.2 Å². The molecule has 0 fully saturated rings. The predicted molar refractivity (Wildman–Crippen MR) is 64.1 cm³/mol. The Kier molecular flexibility index (Phi) is 3.24. The number of aryl methyl sites for hydroxylation is 1. The van der Waals surface area contributed by atoms with Crippen molar-refractivity contribution in [1.29, 1.82) is 0 Å². The second-order valence-electron chi connectivity index (χ2n) is 3.28. The summed E-state index contributed by atoms with van der Waals surface area (Å²) in [6, 6.07) is 2.01. The first-order chi connectivity index (χ1) is 7.86. The Morgan fingerprint density at radius 1 is 1.62 bits per heavy atom. The first kappa shape index (κ1) is 10.7. The van der Waals surface area contributed by atoms with Gasteiger partial charge in [-0.15, -0.1) is 0 Å². The average molecular weight is 233 g/mol. The molecule has 82 valence electrons. The fourth-order valence-corrected chi connectivity index (χ4v) is 2.24. The van der Waals surface area contributed by atoms with Gasteiger partial charge in [0.05, 0.1) is 12.2 Å². The zero-order chi connectivity index (χ0) is 11.4. The molecule has 0 saturated heterocycles. The van der Waals surface area contributed by atoms with E-state index in [-0.39, 0.29) is 0 Å². The number of hydrogen-bond acceptors (Lipinski definition) is 3. The molecule has 2 rings (SSSR count). The number of nitrogens with one attached hydrogen (secondary N) is 1. The maximum atomic E-state index is 8.38. The van der Waals surface area contributed by atoms with Gasteiger partial charge in [0, 0.05) is 27.1 Å². The van der Waals surface area contributed by atoms with Crippen molar-refractivity contribution in [3.8, 4) is 11.3 Å². The van der Waals surface area contributed by atoms with Crippen LogP contribution in [0.5, 0.6) is 0 Å². The molecule has 2 aromatic rings. The van der Waals surface area contributed by atoms with E-state index in [1.165, 1.54) is 0 Å². The van der Waals surface area contributed by atoms with Gasteiger partial charge >= 0.3 is 0 Å². The third-order valence-electron chi connectivity index (χ3n) is 2.39. The highest BCUT2D eigenvalue weighted by molar-refractivity contribution is 7.08. The van der Waals surface area contributed by atoms with Gasteiger partial charge in [-0.05, 0) is 23.4 Å². The lowest BCUT2D eigenvalue weighted by atomic mass is 10.1. The van der Waals surface area contributed by atoms with Gasteiger partial charge in [-0.3, -0.25) is 5.10 Å². The number of aromatic nitrogens is 2. The highest BCUT2D eigenvalue weighted by Crippen LogP contribution is 2.26. The van der Waals surface area contributed by atoms with Crippen molar-refractivity contribution in [2.24, 2.45) is 5.11 Å². The van der Waals surface area contributed by atoms with E-state index in [2.05, 4.69) is 20.2 Å². The van der Waals surface area contributed by atoms with Crippen LogP contribution >= 0.6 is 11.3 Å². The number of nitrogens with zero attached hydrogens (tertiary/aromatic N) is 4. The summed E-state index contributed by atoms with van der Waals surface area (Å²) in [5.74, 6) is 0. The van der Waals surface area contributed by atoms with Crippen LogP contribution in [0.2, 0.25) is 0 Å². The summed E-state index contributed by atoms with van der Waals surface area (Å²) in [6.45, 7) is 2.39. The van der Waals surface area contributed by atoms with Crippen LogP contribution in [0.15, 0.2) is 21.9 Å². The third-order valence-corrected chi connectivity index (χ3v) is 3.08. The molecule has 0 aliphatic heterocycles. The largest absolute Gasteiger partial charge is 0.282 e. The highest BCUT2D eigenvalue weighted by atomic mass is 32.1. The molecule has 0 aromatic carbocycles. The first-order valence-electron chi connectivity index (χ1n) is 4.96. The van der Waals surface area contributed by atoms with E-state index in [9.17, 15) is 0 Å². The molecular formula is C10H11N5S. The minimum absolute atomic E-state index is 0.349. The number of hydrogen-bond donors (Lipinski definition) is 1. The van der Waals surface area contributed by atoms with E-state index in [4.69, 9.17) is 5.53 Å². The van der Waals surface area contributed by atoms with Crippen molar-refractivity contribution in [2.45, 2.75) is 19.9 Å². The molecule has 2 aromatic heterocycles.